The number of alkyl halides is 1. The van der Waals surface area contributed by atoms with Crippen LogP contribution in [0.4, 0.5) is 16.0 Å². The Bertz CT molecular complexity index is 990. The second kappa shape index (κ2) is 5.77. The van der Waals surface area contributed by atoms with Crippen LogP contribution >= 0.6 is 0 Å². The highest BCUT2D eigenvalue weighted by atomic mass is 19.1. The maximum Gasteiger partial charge on any atom is 0.231 e. The van der Waals surface area contributed by atoms with Crippen LogP contribution in [0.3, 0.4) is 0 Å². The summed E-state index contributed by atoms with van der Waals surface area (Å²) in [7, 11) is 0. The number of carbonyl (C=O) groups is 1. The van der Waals surface area contributed by atoms with Gasteiger partial charge < -0.3 is 11.1 Å². The average molecular weight is 337 g/mol. The molecule has 3 heterocycles. The van der Waals surface area contributed by atoms with Crippen LogP contribution in [-0.2, 0) is 4.79 Å². The number of anilines is 2. The number of amides is 1. The van der Waals surface area contributed by atoms with E-state index in [0.717, 1.165) is 16.5 Å². The Kier molecular flexibility index (Phi) is 3.56. The lowest BCUT2D eigenvalue weighted by Crippen LogP contribution is -2.15. The van der Waals surface area contributed by atoms with Crippen LogP contribution in [0, 0.1) is 12.8 Å². The number of hydrogen-bond acceptors (Lipinski definition) is 5. The van der Waals surface area contributed by atoms with E-state index in [1.165, 1.54) is 0 Å². The molecule has 2 atom stereocenters. The van der Waals surface area contributed by atoms with E-state index < -0.39 is 12.1 Å². The zero-order valence-corrected chi connectivity index (χ0v) is 13.5. The van der Waals surface area contributed by atoms with Crippen molar-refractivity contribution in [1.82, 2.24) is 15.0 Å². The van der Waals surface area contributed by atoms with Crippen LogP contribution in [0.2, 0.25) is 0 Å². The number of rotatable bonds is 3. The first-order chi connectivity index (χ1) is 12.0. The van der Waals surface area contributed by atoms with E-state index in [1.807, 2.05) is 19.1 Å². The molecule has 0 radical (unpaired) electrons. The summed E-state index contributed by atoms with van der Waals surface area (Å²) in [5.41, 5.74) is 8.68. The number of aromatic nitrogens is 3. The topological polar surface area (TPSA) is 93.8 Å². The molecule has 1 amide bonds. The third-order valence-corrected chi connectivity index (χ3v) is 4.36. The minimum atomic E-state index is -1.04. The van der Waals surface area contributed by atoms with Gasteiger partial charge in [-0.15, -0.1) is 0 Å². The van der Waals surface area contributed by atoms with Crippen LogP contribution < -0.4 is 11.1 Å². The van der Waals surface area contributed by atoms with Crippen LogP contribution in [0.1, 0.15) is 12.0 Å². The van der Waals surface area contributed by atoms with Crippen molar-refractivity contribution in [3.8, 4) is 11.3 Å². The number of aryl methyl sites for hydroxylation is 1. The van der Waals surface area contributed by atoms with Crippen molar-refractivity contribution in [2.75, 3.05) is 11.1 Å². The smallest absolute Gasteiger partial charge is 0.231 e. The van der Waals surface area contributed by atoms with E-state index in [0.29, 0.717) is 22.7 Å². The maximum atomic E-state index is 13.0. The highest BCUT2D eigenvalue weighted by Crippen LogP contribution is 2.35. The van der Waals surface area contributed by atoms with Crippen LogP contribution in [0.5, 0.6) is 0 Å². The predicted molar refractivity (Wildman–Crippen MR) is 93.6 cm³/mol. The Morgan fingerprint density at radius 3 is 2.88 bits per heavy atom. The minimum absolute atomic E-state index is 0.278. The molecule has 1 saturated carbocycles. The summed E-state index contributed by atoms with van der Waals surface area (Å²) in [6.45, 7) is 1.97. The molecule has 0 spiro atoms. The highest BCUT2D eigenvalue weighted by Gasteiger charge is 2.43. The van der Waals surface area contributed by atoms with Gasteiger partial charge in [-0.25, -0.2) is 14.4 Å². The fourth-order valence-corrected chi connectivity index (χ4v) is 2.77. The Labute approximate surface area is 143 Å². The molecule has 3 aromatic heterocycles. The summed E-state index contributed by atoms with van der Waals surface area (Å²) in [6.07, 6.45) is 4.26. The molecule has 6 nitrogen and oxygen atoms in total. The van der Waals surface area contributed by atoms with Gasteiger partial charge in [-0.1, -0.05) is 0 Å². The van der Waals surface area contributed by atoms with Gasteiger partial charge >= 0.3 is 0 Å². The van der Waals surface area contributed by atoms with Crippen molar-refractivity contribution in [1.29, 1.82) is 0 Å². The second-order valence-corrected chi connectivity index (χ2v) is 6.22. The monoisotopic (exact) mass is 337 g/mol. The first-order valence-corrected chi connectivity index (χ1v) is 7.95. The molecule has 3 aromatic rings. The van der Waals surface area contributed by atoms with Crippen LogP contribution in [0.15, 0.2) is 36.8 Å². The second-order valence-electron chi connectivity index (χ2n) is 6.22. The minimum Gasteiger partial charge on any atom is -0.383 e. The SMILES string of the molecule is Cc1ccncc1-c1cc2cc(NC(=O)[C@@H]3C[C@@H]3F)ncc2c(N)n1. The van der Waals surface area contributed by atoms with Crippen LogP contribution in [-0.4, -0.2) is 27.0 Å². The lowest BCUT2D eigenvalue weighted by Gasteiger charge is -2.10. The Balaban J connectivity index is 1.73. The molecule has 0 aromatic carbocycles. The summed E-state index contributed by atoms with van der Waals surface area (Å²) in [4.78, 5) is 24.6. The first kappa shape index (κ1) is 15.4. The standard InChI is InChI=1S/C18H16FN5O/c1-9-2-3-21-7-12(9)15-4-10-5-16(22-8-13(10)17(20)23-15)24-18(25)11-6-14(11)19/h2-5,7-8,11,14H,6H2,1H3,(H2,20,23)(H,22,24,25)/t11-,14+/m1/s1. The van der Waals surface area contributed by atoms with Crippen molar-refractivity contribution < 1.29 is 9.18 Å². The van der Waals surface area contributed by atoms with E-state index in [-0.39, 0.29) is 12.3 Å². The molecule has 0 bridgehead atoms. The summed E-state index contributed by atoms with van der Waals surface area (Å²) >= 11 is 0. The number of nitrogens with one attached hydrogen (secondary N) is 1. The zero-order valence-electron chi connectivity index (χ0n) is 13.5. The molecule has 0 saturated heterocycles. The normalized spacial score (nSPS) is 19.0. The molecule has 3 N–H and O–H groups in total. The van der Waals surface area contributed by atoms with E-state index >= 15 is 0 Å². The average Bonchev–Trinajstić information content (AvgIpc) is 3.32. The number of fused-ring (bicyclic) bond motifs is 1. The van der Waals surface area contributed by atoms with E-state index in [4.69, 9.17) is 5.73 Å². The number of nitrogens with two attached hydrogens (primary N) is 1. The highest BCUT2D eigenvalue weighted by molar-refractivity contribution is 5.98. The number of nitrogens with zero attached hydrogens (tertiary/aromatic N) is 3. The fraction of sp³-hybridized carbons (Fsp3) is 0.222. The molecule has 126 valence electrons. The van der Waals surface area contributed by atoms with Crippen molar-refractivity contribution >= 4 is 28.3 Å². The third kappa shape index (κ3) is 2.88. The summed E-state index contributed by atoms with van der Waals surface area (Å²) in [5, 5.41) is 4.14. The third-order valence-electron chi connectivity index (χ3n) is 4.36. The predicted octanol–water partition coefficient (Wildman–Crippen LogP) is 2.88. The summed E-state index contributed by atoms with van der Waals surface area (Å²) in [5.74, 6) is -0.179. The molecular weight excluding hydrogens is 321 g/mol. The van der Waals surface area contributed by atoms with Gasteiger partial charge in [0, 0.05) is 29.5 Å². The lowest BCUT2D eigenvalue weighted by atomic mass is 10.1. The Morgan fingerprint density at radius 2 is 2.16 bits per heavy atom. The van der Waals surface area contributed by atoms with E-state index in [1.54, 1.807) is 24.7 Å². The van der Waals surface area contributed by atoms with Crippen molar-refractivity contribution in [2.45, 2.75) is 19.5 Å². The van der Waals surface area contributed by atoms with Gasteiger partial charge in [-0.05, 0) is 42.5 Å². The largest absolute Gasteiger partial charge is 0.383 e. The number of hydrogen-bond donors (Lipinski definition) is 2. The van der Waals surface area contributed by atoms with Gasteiger partial charge in [0.25, 0.3) is 0 Å². The molecule has 1 fully saturated rings. The van der Waals surface area contributed by atoms with Crippen LogP contribution in [0.25, 0.3) is 22.0 Å². The van der Waals surface area contributed by atoms with E-state index in [2.05, 4.69) is 20.3 Å². The maximum absolute atomic E-state index is 13.0. The van der Waals surface area contributed by atoms with Gasteiger partial charge in [0.2, 0.25) is 5.91 Å². The molecule has 4 rings (SSSR count). The molecule has 1 aliphatic carbocycles. The molecule has 1 aliphatic rings. The fourth-order valence-electron chi connectivity index (χ4n) is 2.77. The number of carbonyl (C=O) groups excluding carboxylic acids is 1. The zero-order chi connectivity index (χ0) is 17.6. The number of halogens is 1. The summed E-state index contributed by atoms with van der Waals surface area (Å²) in [6, 6.07) is 5.50. The first-order valence-electron chi connectivity index (χ1n) is 7.95. The molecule has 7 heteroatoms. The Morgan fingerprint density at radius 1 is 1.36 bits per heavy atom. The molecular formula is C18H16FN5O. The number of nitrogen functional groups attached to an aromatic ring is 1. The quantitative estimate of drug-likeness (QED) is 0.766. The summed E-state index contributed by atoms with van der Waals surface area (Å²) < 4.78 is 13.0. The van der Waals surface area contributed by atoms with Gasteiger partial charge in [0.15, 0.2) is 0 Å². The molecule has 25 heavy (non-hydrogen) atoms. The molecule has 0 aliphatic heterocycles. The van der Waals surface area contributed by atoms with Gasteiger partial charge in [-0.2, -0.15) is 0 Å². The van der Waals surface area contributed by atoms with Gasteiger partial charge in [0.1, 0.15) is 17.8 Å². The van der Waals surface area contributed by atoms with Gasteiger partial charge in [0.05, 0.1) is 11.6 Å². The van der Waals surface area contributed by atoms with Crippen molar-refractivity contribution in [3.05, 3.63) is 42.4 Å². The number of pyridine rings is 3. The van der Waals surface area contributed by atoms with E-state index in [9.17, 15) is 9.18 Å². The lowest BCUT2D eigenvalue weighted by molar-refractivity contribution is -0.117. The van der Waals surface area contributed by atoms with Crippen molar-refractivity contribution in [2.24, 2.45) is 5.92 Å². The van der Waals surface area contributed by atoms with Crippen molar-refractivity contribution in [3.63, 3.8) is 0 Å². The Hall–Kier alpha value is -3.09. The molecule has 0 unspecified atom stereocenters. The van der Waals surface area contributed by atoms with Gasteiger partial charge in [-0.3, -0.25) is 9.78 Å².